The van der Waals surface area contributed by atoms with E-state index in [0.717, 1.165) is 25.0 Å². The van der Waals surface area contributed by atoms with Crippen LogP contribution < -0.4 is 14.8 Å². The van der Waals surface area contributed by atoms with E-state index in [1.807, 2.05) is 0 Å². The number of fused-ring (bicyclic) bond motifs is 1. The first-order valence-electron chi connectivity index (χ1n) is 12.3. The van der Waals surface area contributed by atoms with Crippen LogP contribution in [0.25, 0.3) is 10.4 Å². The highest BCUT2D eigenvalue weighted by molar-refractivity contribution is 7.15. The molecule has 0 unspecified atom stereocenters. The number of halogens is 3. The number of thiazole rings is 1. The Morgan fingerprint density at radius 3 is 2.66 bits per heavy atom. The van der Waals surface area contributed by atoms with E-state index in [-0.39, 0.29) is 30.6 Å². The number of hydrogen-bond acceptors (Lipinski definition) is 6. The largest absolute Gasteiger partial charge is 0.486 e. The van der Waals surface area contributed by atoms with Gasteiger partial charge >= 0.3 is 6.18 Å². The second-order valence-electron chi connectivity index (χ2n) is 9.27. The highest BCUT2D eigenvalue weighted by atomic mass is 32.1. The van der Waals surface area contributed by atoms with Gasteiger partial charge in [0.2, 0.25) is 0 Å². The predicted octanol–water partition coefficient (Wildman–Crippen LogP) is 5.19. The molecule has 200 valence electrons. The molecule has 0 radical (unpaired) electrons. The fourth-order valence-electron chi connectivity index (χ4n) is 4.29. The summed E-state index contributed by atoms with van der Waals surface area (Å²) in [7, 11) is 0. The van der Waals surface area contributed by atoms with E-state index in [2.05, 4.69) is 10.3 Å². The van der Waals surface area contributed by atoms with Crippen LogP contribution in [0.15, 0.2) is 42.5 Å². The minimum absolute atomic E-state index is 0.126. The molecular formula is C27H26F3N3O4S. The molecule has 0 bridgehead atoms. The lowest BCUT2D eigenvalue weighted by Crippen LogP contribution is -2.40. The van der Waals surface area contributed by atoms with Crippen molar-refractivity contribution < 1.29 is 32.2 Å². The van der Waals surface area contributed by atoms with Crippen LogP contribution in [0.1, 0.15) is 44.3 Å². The molecule has 38 heavy (non-hydrogen) atoms. The average molecular weight is 546 g/mol. The molecule has 2 aliphatic rings. The lowest BCUT2D eigenvalue weighted by Gasteiger charge is -2.23. The molecule has 1 aliphatic carbocycles. The van der Waals surface area contributed by atoms with Crippen molar-refractivity contribution in [2.24, 2.45) is 5.92 Å². The van der Waals surface area contributed by atoms with Crippen molar-refractivity contribution in [1.82, 2.24) is 15.2 Å². The fraction of sp³-hybridized carbons (Fsp3) is 0.370. The number of rotatable bonds is 8. The normalized spacial score (nSPS) is 14.7. The zero-order valence-corrected chi connectivity index (χ0v) is 21.5. The summed E-state index contributed by atoms with van der Waals surface area (Å²) in [5.74, 6) is 0.552. The van der Waals surface area contributed by atoms with Gasteiger partial charge in [0, 0.05) is 19.6 Å². The van der Waals surface area contributed by atoms with Gasteiger partial charge < -0.3 is 19.7 Å². The molecule has 1 fully saturated rings. The van der Waals surface area contributed by atoms with Crippen molar-refractivity contribution in [3.8, 4) is 21.9 Å². The first-order valence-corrected chi connectivity index (χ1v) is 13.1. The molecule has 2 aromatic carbocycles. The fourth-order valence-corrected chi connectivity index (χ4v) is 5.20. The summed E-state index contributed by atoms with van der Waals surface area (Å²) in [5.41, 5.74) is -0.00953. The van der Waals surface area contributed by atoms with E-state index in [1.54, 1.807) is 36.1 Å². The van der Waals surface area contributed by atoms with Crippen molar-refractivity contribution >= 4 is 23.2 Å². The van der Waals surface area contributed by atoms with Gasteiger partial charge in [-0.25, -0.2) is 4.98 Å². The lowest BCUT2D eigenvalue weighted by molar-refractivity contribution is -0.137. The van der Waals surface area contributed by atoms with Gasteiger partial charge in [-0.2, -0.15) is 13.2 Å². The van der Waals surface area contributed by atoms with Crippen LogP contribution in [-0.4, -0.2) is 54.5 Å². The zero-order valence-electron chi connectivity index (χ0n) is 20.6. The van der Waals surface area contributed by atoms with Crippen LogP contribution in [0, 0.1) is 12.8 Å². The van der Waals surface area contributed by atoms with E-state index in [9.17, 15) is 22.8 Å². The summed E-state index contributed by atoms with van der Waals surface area (Å²) in [6.45, 7) is 3.38. The molecule has 0 saturated heterocycles. The molecule has 0 atom stereocenters. The van der Waals surface area contributed by atoms with Crippen LogP contribution in [0.2, 0.25) is 0 Å². The quantitative estimate of drug-likeness (QED) is 0.422. The van der Waals surface area contributed by atoms with Crippen LogP contribution >= 0.6 is 11.3 Å². The average Bonchev–Trinajstić information content (AvgIpc) is 3.64. The summed E-state index contributed by atoms with van der Waals surface area (Å²) in [4.78, 5) is 32.9. The third-order valence-corrected chi connectivity index (χ3v) is 7.35. The number of aryl methyl sites for hydroxylation is 1. The molecule has 3 aromatic rings. The van der Waals surface area contributed by atoms with Crippen LogP contribution in [0.3, 0.4) is 0 Å². The van der Waals surface area contributed by atoms with Gasteiger partial charge in [0.05, 0.1) is 21.0 Å². The molecule has 1 N–H and O–H groups in total. The highest BCUT2D eigenvalue weighted by Crippen LogP contribution is 2.37. The second-order valence-corrected chi connectivity index (χ2v) is 10.5. The standard InChI is InChI=1S/C27H26F3N3O4S/c1-16-32-22(24(38-16)18-4-2-5-19(14-18)27(28,29)30)26(35)33(15-17-8-9-17)11-10-31-25(34)20-6-3-7-21-23(20)37-13-12-36-21/h2-7,14,17H,8-13,15H2,1H3,(H,31,34). The number of amides is 2. The number of alkyl halides is 3. The third-order valence-electron chi connectivity index (χ3n) is 6.33. The maximum Gasteiger partial charge on any atom is 0.416 e. The molecular weight excluding hydrogens is 519 g/mol. The molecule has 11 heteroatoms. The Bertz CT molecular complexity index is 1350. The maximum absolute atomic E-state index is 13.6. The summed E-state index contributed by atoms with van der Waals surface area (Å²) < 4.78 is 51.1. The SMILES string of the molecule is Cc1nc(C(=O)N(CCNC(=O)c2cccc3c2OCCO3)CC2CC2)c(-c2cccc(C(F)(F)F)c2)s1. The smallest absolute Gasteiger partial charge is 0.416 e. The van der Waals surface area contributed by atoms with Gasteiger partial charge in [-0.3, -0.25) is 9.59 Å². The van der Waals surface area contributed by atoms with Crippen LogP contribution in [0.5, 0.6) is 11.5 Å². The Hall–Kier alpha value is -3.60. The number of ether oxygens (including phenoxy) is 2. The van der Waals surface area contributed by atoms with Crippen LogP contribution in [-0.2, 0) is 6.18 Å². The van der Waals surface area contributed by atoms with Crippen LogP contribution in [0.4, 0.5) is 13.2 Å². The number of nitrogens with one attached hydrogen (secondary N) is 1. The van der Waals surface area contributed by atoms with Crippen molar-refractivity contribution in [2.75, 3.05) is 32.8 Å². The Balaban J connectivity index is 1.32. The number of aromatic nitrogens is 1. The molecule has 1 aromatic heterocycles. The molecule has 0 spiro atoms. The van der Waals surface area contributed by atoms with Gasteiger partial charge in [0.15, 0.2) is 11.5 Å². The van der Waals surface area contributed by atoms with E-state index in [4.69, 9.17) is 9.47 Å². The van der Waals surface area contributed by atoms with E-state index < -0.39 is 11.7 Å². The number of hydrogen-bond donors (Lipinski definition) is 1. The molecule has 1 aliphatic heterocycles. The zero-order chi connectivity index (χ0) is 26.9. The van der Waals surface area contributed by atoms with Crippen molar-refractivity contribution in [3.63, 3.8) is 0 Å². The minimum Gasteiger partial charge on any atom is -0.486 e. The summed E-state index contributed by atoms with van der Waals surface area (Å²) in [6, 6.07) is 10.0. The topological polar surface area (TPSA) is 80.8 Å². The molecule has 2 heterocycles. The number of para-hydroxylation sites is 1. The number of carbonyl (C=O) groups is 2. The van der Waals surface area contributed by atoms with Gasteiger partial charge in [-0.1, -0.05) is 18.2 Å². The molecule has 7 nitrogen and oxygen atoms in total. The van der Waals surface area contributed by atoms with E-state index in [1.165, 1.54) is 17.4 Å². The first kappa shape index (κ1) is 26.0. The Labute approximate surface area is 221 Å². The number of benzene rings is 2. The predicted molar refractivity (Wildman–Crippen MR) is 136 cm³/mol. The second kappa shape index (κ2) is 10.6. The van der Waals surface area contributed by atoms with Crippen molar-refractivity contribution in [3.05, 3.63) is 64.3 Å². The third kappa shape index (κ3) is 5.77. The monoisotopic (exact) mass is 545 g/mol. The van der Waals surface area contributed by atoms with E-state index >= 15 is 0 Å². The molecule has 2 amide bonds. The van der Waals surface area contributed by atoms with Crippen molar-refractivity contribution in [2.45, 2.75) is 25.9 Å². The minimum atomic E-state index is -4.49. The maximum atomic E-state index is 13.6. The Morgan fingerprint density at radius 1 is 1.13 bits per heavy atom. The van der Waals surface area contributed by atoms with Gasteiger partial charge in [-0.15, -0.1) is 11.3 Å². The highest BCUT2D eigenvalue weighted by Gasteiger charge is 2.33. The van der Waals surface area contributed by atoms with Gasteiger partial charge in [-0.05, 0) is 55.5 Å². The molecule has 1 saturated carbocycles. The first-order chi connectivity index (χ1) is 18.2. The van der Waals surface area contributed by atoms with Crippen molar-refractivity contribution in [1.29, 1.82) is 0 Å². The summed E-state index contributed by atoms with van der Waals surface area (Å²) >= 11 is 1.18. The van der Waals surface area contributed by atoms with Gasteiger partial charge in [0.1, 0.15) is 18.9 Å². The van der Waals surface area contributed by atoms with E-state index in [0.29, 0.717) is 58.2 Å². The Kier molecular flexibility index (Phi) is 7.29. The number of nitrogens with zero attached hydrogens (tertiary/aromatic N) is 2. The van der Waals surface area contributed by atoms with Gasteiger partial charge in [0.25, 0.3) is 11.8 Å². The molecule has 5 rings (SSSR count). The lowest BCUT2D eigenvalue weighted by atomic mass is 10.1. The number of carbonyl (C=O) groups excluding carboxylic acids is 2. The Morgan fingerprint density at radius 2 is 1.89 bits per heavy atom. The summed E-state index contributed by atoms with van der Waals surface area (Å²) in [5, 5.41) is 3.42. The summed E-state index contributed by atoms with van der Waals surface area (Å²) in [6.07, 6.45) is -2.49.